The minimum Gasteiger partial charge on any atom is -0.486 e. The molecule has 6 nitrogen and oxygen atoms in total. The monoisotopic (exact) mass is 536 g/mol. The lowest BCUT2D eigenvalue weighted by atomic mass is 9.97. The Kier molecular flexibility index (Phi) is 8.11. The number of benzene rings is 2. The normalized spacial score (nSPS) is 16.0. The zero-order chi connectivity index (χ0) is 25.8. The summed E-state index contributed by atoms with van der Waals surface area (Å²) in [6, 6.07) is 14.4. The van der Waals surface area contributed by atoms with Gasteiger partial charge in [-0.3, -0.25) is 15.0 Å². The fourth-order valence-electron chi connectivity index (χ4n) is 4.84. The number of H-pyrrole nitrogens is 1. The highest BCUT2D eigenvalue weighted by molar-refractivity contribution is 6.35. The van der Waals surface area contributed by atoms with E-state index in [4.69, 9.17) is 27.9 Å². The lowest BCUT2D eigenvalue weighted by Gasteiger charge is -2.31. The third-order valence-corrected chi connectivity index (χ3v) is 7.53. The Labute approximate surface area is 226 Å². The van der Waals surface area contributed by atoms with Crippen molar-refractivity contribution in [3.63, 3.8) is 0 Å². The number of nitrogens with zero attached hydrogens (tertiary/aromatic N) is 3. The van der Waals surface area contributed by atoms with Crippen LogP contribution in [0.4, 0.5) is 0 Å². The summed E-state index contributed by atoms with van der Waals surface area (Å²) in [7, 11) is 0. The van der Waals surface area contributed by atoms with Crippen molar-refractivity contribution in [2.24, 2.45) is 5.92 Å². The van der Waals surface area contributed by atoms with E-state index >= 15 is 0 Å². The van der Waals surface area contributed by atoms with Crippen LogP contribution in [0.3, 0.4) is 0 Å². The maximum absolute atomic E-state index is 9.38. The summed E-state index contributed by atoms with van der Waals surface area (Å²) < 4.78 is 6.18. The highest BCUT2D eigenvalue weighted by Gasteiger charge is 2.19. The number of hydrogen-bond acceptors (Lipinski definition) is 5. The number of aromatic nitrogens is 3. The number of piperidine rings is 1. The fourth-order valence-corrected chi connectivity index (χ4v) is 5.51. The molecule has 2 aromatic heterocycles. The molecular formula is C29H30Cl2N4O2. The predicted molar refractivity (Wildman–Crippen MR) is 150 cm³/mol. The van der Waals surface area contributed by atoms with Crippen molar-refractivity contribution in [1.82, 2.24) is 20.1 Å². The van der Waals surface area contributed by atoms with Crippen LogP contribution < -0.4 is 4.74 Å². The first kappa shape index (κ1) is 25.7. The van der Waals surface area contributed by atoms with Crippen LogP contribution in [0.5, 0.6) is 5.75 Å². The lowest BCUT2D eigenvalue weighted by molar-refractivity contribution is 0.127. The third kappa shape index (κ3) is 6.16. The number of fused-ring (bicyclic) bond motifs is 1. The zero-order valence-corrected chi connectivity index (χ0v) is 22.2. The van der Waals surface area contributed by atoms with Crippen molar-refractivity contribution in [3.8, 4) is 5.75 Å². The van der Waals surface area contributed by atoms with Crippen LogP contribution >= 0.6 is 23.2 Å². The van der Waals surface area contributed by atoms with Crippen molar-refractivity contribution >= 4 is 46.3 Å². The van der Waals surface area contributed by atoms with E-state index in [2.05, 4.69) is 50.4 Å². The van der Waals surface area contributed by atoms with Crippen molar-refractivity contribution in [3.05, 3.63) is 87.3 Å². The highest BCUT2D eigenvalue weighted by atomic mass is 35.5. The molecule has 4 aromatic rings. The first-order valence-electron chi connectivity index (χ1n) is 12.5. The van der Waals surface area contributed by atoms with Crippen molar-refractivity contribution in [1.29, 1.82) is 0 Å². The van der Waals surface area contributed by atoms with Crippen LogP contribution in [-0.4, -0.2) is 44.9 Å². The summed E-state index contributed by atoms with van der Waals surface area (Å²) in [6.45, 7) is 5.21. The smallest absolute Gasteiger partial charge is 0.124 e. The molecule has 1 fully saturated rings. The number of aromatic amines is 1. The number of rotatable bonds is 8. The third-order valence-electron chi connectivity index (χ3n) is 6.93. The van der Waals surface area contributed by atoms with E-state index in [1.807, 2.05) is 31.2 Å². The number of aliphatic hydroxyl groups excluding tert-OH is 1. The van der Waals surface area contributed by atoms with E-state index in [0.29, 0.717) is 33.9 Å². The Morgan fingerprint density at radius 1 is 1.11 bits per heavy atom. The molecule has 1 aliphatic rings. The first-order valence-corrected chi connectivity index (χ1v) is 13.3. The molecule has 0 unspecified atom stereocenters. The molecule has 0 amide bonds. The maximum Gasteiger partial charge on any atom is 0.124 e. The van der Waals surface area contributed by atoms with E-state index in [-0.39, 0.29) is 6.10 Å². The molecule has 37 heavy (non-hydrogen) atoms. The minimum atomic E-state index is -0.344. The van der Waals surface area contributed by atoms with Gasteiger partial charge in [0.15, 0.2) is 0 Å². The number of pyridine rings is 1. The molecule has 0 saturated carbocycles. The fraction of sp³-hybridized carbons (Fsp3) is 0.310. The van der Waals surface area contributed by atoms with Gasteiger partial charge in [-0.1, -0.05) is 53.5 Å². The van der Waals surface area contributed by atoms with Crippen LogP contribution in [0.15, 0.2) is 54.9 Å². The van der Waals surface area contributed by atoms with E-state index < -0.39 is 0 Å². The van der Waals surface area contributed by atoms with Gasteiger partial charge in [0.1, 0.15) is 11.9 Å². The summed E-state index contributed by atoms with van der Waals surface area (Å²) in [6.07, 6.45) is 9.03. The molecular weight excluding hydrogens is 507 g/mol. The van der Waals surface area contributed by atoms with Crippen LogP contribution in [0, 0.1) is 5.92 Å². The standard InChI is InChI=1S/C29H30Cl2N4O2/c1-19(29-25(30)15-32-16-26(29)31)37-23-6-8-28-24(14-23)27(33-34-28)7-5-20-3-2-4-22(13-20)17-35-11-9-21(18-36)10-12-35/h2-8,13-16,19,21,36H,9-12,17-18H2,1H3,(H,33,34)/b7-5+/t19-/m1/s1. The summed E-state index contributed by atoms with van der Waals surface area (Å²) in [5.74, 6) is 1.15. The van der Waals surface area contributed by atoms with E-state index in [0.717, 1.165) is 54.6 Å². The van der Waals surface area contributed by atoms with Gasteiger partial charge in [0.05, 0.1) is 21.3 Å². The van der Waals surface area contributed by atoms with E-state index in [1.165, 1.54) is 5.56 Å². The van der Waals surface area contributed by atoms with Gasteiger partial charge in [-0.05, 0) is 74.2 Å². The largest absolute Gasteiger partial charge is 0.486 e. The molecule has 192 valence electrons. The topological polar surface area (TPSA) is 74.3 Å². The molecule has 2 N–H and O–H groups in total. The van der Waals surface area contributed by atoms with E-state index in [1.54, 1.807) is 12.4 Å². The minimum absolute atomic E-state index is 0.302. The van der Waals surface area contributed by atoms with E-state index in [9.17, 15) is 5.11 Å². The number of nitrogens with one attached hydrogen (secondary N) is 1. The van der Waals surface area contributed by atoms with Gasteiger partial charge >= 0.3 is 0 Å². The van der Waals surface area contributed by atoms with Crippen molar-refractivity contribution < 1.29 is 9.84 Å². The molecule has 0 spiro atoms. The average Bonchev–Trinajstić information content (AvgIpc) is 3.30. The second-order valence-corrected chi connectivity index (χ2v) is 10.4. The predicted octanol–water partition coefficient (Wildman–Crippen LogP) is 6.78. The first-order chi connectivity index (χ1) is 18.0. The summed E-state index contributed by atoms with van der Waals surface area (Å²) >= 11 is 12.6. The zero-order valence-electron chi connectivity index (χ0n) is 20.7. The number of likely N-dealkylation sites (tertiary alicyclic amines) is 1. The molecule has 0 aliphatic carbocycles. The molecule has 2 aromatic carbocycles. The Morgan fingerprint density at radius 2 is 1.89 bits per heavy atom. The Bertz CT molecular complexity index is 1380. The summed E-state index contributed by atoms with van der Waals surface area (Å²) in [4.78, 5) is 6.48. The Balaban J connectivity index is 1.29. The summed E-state index contributed by atoms with van der Waals surface area (Å²) in [5, 5.41) is 18.9. The number of ether oxygens (including phenoxy) is 1. The van der Waals surface area contributed by atoms with Gasteiger partial charge < -0.3 is 9.84 Å². The van der Waals surface area contributed by atoms with Gasteiger partial charge in [-0.25, -0.2) is 0 Å². The molecule has 8 heteroatoms. The molecule has 3 heterocycles. The average molecular weight is 537 g/mol. The molecule has 1 aliphatic heterocycles. The Morgan fingerprint density at radius 3 is 2.65 bits per heavy atom. The SMILES string of the molecule is C[C@@H](Oc1ccc2[nH]nc(/C=C/c3cccc(CN4CCC(CO)CC4)c3)c2c1)c1c(Cl)cncc1Cl. The maximum atomic E-state index is 9.38. The number of hydrogen-bond donors (Lipinski definition) is 2. The molecule has 0 bridgehead atoms. The van der Waals surface area contributed by atoms with Crippen molar-refractivity contribution in [2.75, 3.05) is 19.7 Å². The van der Waals surface area contributed by atoms with Gasteiger partial charge in [0.2, 0.25) is 0 Å². The van der Waals surface area contributed by atoms with Crippen LogP contribution in [0.25, 0.3) is 23.1 Å². The molecule has 1 atom stereocenters. The van der Waals surface area contributed by atoms with Crippen molar-refractivity contribution in [2.45, 2.75) is 32.4 Å². The molecule has 1 saturated heterocycles. The molecule has 5 rings (SSSR count). The van der Waals surface area contributed by atoms with Gasteiger partial charge in [0.25, 0.3) is 0 Å². The van der Waals surface area contributed by atoms with Gasteiger partial charge in [-0.2, -0.15) is 5.10 Å². The van der Waals surface area contributed by atoms with Crippen LogP contribution in [0.2, 0.25) is 10.0 Å². The molecule has 0 radical (unpaired) electrons. The Hall–Kier alpha value is -2.90. The van der Waals surface area contributed by atoms with Crippen LogP contribution in [0.1, 0.15) is 48.3 Å². The van der Waals surface area contributed by atoms with Gasteiger partial charge in [-0.15, -0.1) is 0 Å². The second kappa shape index (κ2) is 11.7. The van der Waals surface area contributed by atoms with Crippen LogP contribution in [-0.2, 0) is 6.54 Å². The lowest BCUT2D eigenvalue weighted by Crippen LogP contribution is -2.34. The van der Waals surface area contributed by atoms with Gasteiger partial charge in [0, 0.05) is 36.5 Å². The highest BCUT2D eigenvalue weighted by Crippen LogP contribution is 2.33. The number of aliphatic hydroxyl groups is 1. The second-order valence-electron chi connectivity index (χ2n) is 9.57. The number of halogens is 2. The quantitative estimate of drug-likeness (QED) is 0.259. The summed E-state index contributed by atoms with van der Waals surface area (Å²) in [5.41, 5.74) is 4.89.